The number of aromatic nitrogens is 4. The van der Waals surface area contributed by atoms with E-state index in [1.54, 1.807) is 11.3 Å². The fourth-order valence-electron chi connectivity index (χ4n) is 4.10. The molecule has 29 heavy (non-hydrogen) atoms. The molecule has 0 bridgehead atoms. The molecule has 1 atom stereocenters. The molecule has 0 radical (unpaired) electrons. The van der Waals surface area contributed by atoms with Crippen molar-refractivity contribution >= 4 is 11.3 Å². The van der Waals surface area contributed by atoms with E-state index in [1.165, 1.54) is 21.6 Å². The summed E-state index contributed by atoms with van der Waals surface area (Å²) in [7, 11) is 0. The molecule has 0 unspecified atom stereocenters. The summed E-state index contributed by atoms with van der Waals surface area (Å²) < 4.78 is 1.98. The molecule has 0 spiro atoms. The van der Waals surface area contributed by atoms with E-state index in [0.29, 0.717) is 0 Å². The Balaban J connectivity index is 1.44. The molecule has 6 heteroatoms. The van der Waals surface area contributed by atoms with Gasteiger partial charge >= 0.3 is 0 Å². The van der Waals surface area contributed by atoms with Gasteiger partial charge in [0.1, 0.15) is 6.04 Å². The lowest BCUT2D eigenvalue weighted by Crippen LogP contribution is -2.36. The summed E-state index contributed by atoms with van der Waals surface area (Å²) in [6.45, 7) is 2.70. The molecule has 2 aromatic heterocycles. The number of thiophene rings is 1. The lowest BCUT2D eigenvalue weighted by atomic mass is 9.98. The Hall–Kier alpha value is -2.83. The molecular formula is C23H23N5S. The Labute approximate surface area is 174 Å². The van der Waals surface area contributed by atoms with Crippen molar-refractivity contribution in [3.63, 3.8) is 0 Å². The molecule has 3 heterocycles. The SMILES string of the molecule is c1ccc(CCn2nnnc2[C@H](c2cccs2)N2CCc3ccccc3C2)cc1. The summed E-state index contributed by atoms with van der Waals surface area (Å²) in [4.78, 5) is 3.80. The van der Waals surface area contributed by atoms with Crippen LogP contribution in [0.25, 0.3) is 0 Å². The van der Waals surface area contributed by atoms with Crippen molar-refractivity contribution in [3.8, 4) is 0 Å². The number of hydrogen-bond donors (Lipinski definition) is 0. The van der Waals surface area contributed by atoms with E-state index in [1.807, 2.05) is 10.7 Å². The van der Waals surface area contributed by atoms with Crippen molar-refractivity contribution in [3.05, 3.63) is 99.5 Å². The highest BCUT2D eigenvalue weighted by Gasteiger charge is 2.31. The number of hydrogen-bond acceptors (Lipinski definition) is 5. The van der Waals surface area contributed by atoms with E-state index >= 15 is 0 Å². The van der Waals surface area contributed by atoms with Crippen LogP contribution in [0.1, 0.15) is 33.4 Å². The minimum absolute atomic E-state index is 0.0779. The van der Waals surface area contributed by atoms with Gasteiger partial charge in [-0.1, -0.05) is 60.7 Å². The number of aryl methyl sites for hydroxylation is 2. The first kappa shape index (κ1) is 18.2. The second-order valence-corrected chi connectivity index (χ2v) is 8.38. The molecule has 5 nitrogen and oxygen atoms in total. The third kappa shape index (κ3) is 3.86. The van der Waals surface area contributed by atoms with Crippen LogP contribution in [-0.2, 0) is 25.9 Å². The summed E-state index contributed by atoms with van der Waals surface area (Å²) in [5.41, 5.74) is 4.16. The molecule has 4 aromatic rings. The molecule has 5 rings (SSSR count). The van der Waals surface area contributed by atoms with Crippen LogP contribution in [0.4, 0.5) is 0 Å². The van der Waals surface area contributed by atoms with E-state index in [4.69, 9.17) is 0 Å². The van der Waals surface area contributed by atoms with E-state index in [0.717, 1.165) is 38.3 Å². The Bertz CT molecular complexity index is 1060. The monoisotopic (exact) mass is 401 g/mol. The lowest BCUT2D eigenvalue weighted by molar-refractivity contribution is 0.197. The second kappa shape index (κ2) is 8.27. The first-order valence-electron chi connectivity index (χ1n) is 10.0. The number of benzene rings is 2. The van der Waals surface area contributed by atoms with Gasteiger partial charge in [0.25, 0.3) is 0 Å². The van der Waals surface area contributed by atoms with Gasteiger partial charge in [0.05, 0.1) is 0 Å². The largest absolute Gasteiger partial charge is 0.284 e. The molecule has 2 aromatic carbocycles. The summed E-state index contributed by atoms with van der Waals surface area (Å²) >= 11 is 1.78. The zero-order chi connectivity index (χ0) is 19.5. The molecule has 0 amide bonds. The standard InChI is InChI=1S/C23H23N5S/c1-2-7-18(8-3-1)12-15-28-23(24-25-26-28)22(21-11-6-16-29-21)27-14-13-19-9-4-5-10-20(19)17-27/h1-11,16,22H,12-15,17H2/t22-/m0/s1. The molecule has 0 saturated carbocycles. The van der Waals surface area contributed by atoms with Crippen LogP contribution in [0, 0.1) is 0 Å². The van der Waals surface area contributed by atoms with Gasteiger partial charge in [-0.2, -0.15) is 0 Å². The molecule has 0 saturated heterocycles. The van der Waals surface area contributed by atoms with Crippen LogP contribution in [0.15, 0.2) is 72.1 Å². The maximum atomic E-state index is 4.48. The minimum atomic E-state index is 0.0779. The minimum Gasteiger partial charge on any atom is -0.284 e. The van der Waals surface area contributed by atoms with Gasteiger partial charge in [-0.15, -0.1) is 16.4 Å². The lowest BCUT2D eigenvalue weighted by Gasteiger charge is -2.34. The maximum absolute atomic E-state index is 4.48. The highest BCUT2D eigenvalue weighted by Crippen LogP contribution is 2.34. The van der Waals surface area contributed by atoms with Gasteiger partial charge in [-0.25, -0.2) is 4.68 Å². The van der Waals surface area contributed by atoms with Crippen molar-refractivity contribution in [2.24, 2.45) is 0 Å². The molecule has 1 aliphatic rings. The number of tetrazole rings is 1. The van der Waals surface area contributed by atoms with Crippen LogP contribution in [0.2, 0.25) is 0 Å². The number of rotatable bonds is 6. The average Bonchev–Trinajstić information content (AvgIpc) is 3.46. The van der Waals surface area contributed by atoms with Crippen molar-refractivity contribution < 1.29 is 0 Å². The Morgan fingerprint density at radius 2 is 1.76 bits per heavy atom. The highest BCUT2D eigenvalue weighted by atomic mass is 32.1. The number of nitrogens with zero attached hydrogens (tertiary/aromatic N) is 5. The highest BCUT2D eigenvalue weighted by molar-refractivity contribution is 7.10. The number of fused-ring (bicyclic) bond motifs is 1. The fourth-order valence-corrected chi connectivity index (χ4v) is 4.96. The Morgan fingerprint density at radius 1 is 0.931 bits per heavy atom. The predicted octanol–water partition coefficient (Wildman–Crippen LogP) is 4.13. The van der Waals surface area contributed by atoms with Gasteiger partial charge in [0, 0.05) is 24.5 Å². The molecule has 0 N–H and O–H groups in total. The van der Waals surface area contributed by atoms with Gasteiger partial charge in [0.15, 0.2) is 5.82 Å². The van der Waals surface area contributed by atoms with Crippen LogP contribution in [0.5, 0.6) is 0 Å². The quantitative estimate of drug-likeness (QED) is 0.487. The molecular weight excluding hydrogens is 378 g/mol. The normalized spacial score (nSPS) is 15.2. The summed E-state index contributed by atoms with van der Waals surface area (Å²) in [6, 6.07) is 23.7. The van der Waals surface area contributed by atoms with Gasteiger partial charge in [-0.05, 0) is 51.4 Å². The van der Waals surface area contributed by atoms with E-state index in [2.05, 4.69) is 86.5 Å². The van der Waals surface area contributed by atoms with Crippen molar-refractivity contribution in [2.75, 3.05) is 6.54 Å². The summed E-state index contributed by atoms with van der Waals surface area (Å²) in [5, 5.41) is 15.0. The molecule has 0 aliphatic carbocycles. The zero-order valence-electron chi connectivity index (χ0n) is 16.2. The fraction of sp³-hybridized carbons (Fsp3) is 0.261. The molecule has 0 fully saturated rings. The molecule has 146 valence electrons. The Kier molecular flexibility index (Phi) is 5.19. The van der Waals surface area contributed by atoms with E-state index in [-0.39, 0.29) is 6.04 Å². The Morgan fingerprint density at radius 3 is 2.59 bits per heavy atom. The van der Waals surface area contributed by atoms with Crippen LogP contribution in [0.3, 0.4) is 0 Å². The zero-order valence-corrected chi connectivity index (χ0v) is 17.0. The topological polar surface area (TPSA) is 46.8 Å². The third-order valence-electron chi connectivity index (χ3n) is 5.60. The second-order valence-electron chi connectivity index (χ2n) is 7.40. The van der Waals surface area contributed by atoms with E-state index < -0.39 is 0 Å². The van der Waals surface area contributed by atoms with Gasteiger partial charge in [-0.3, -0.25) is 4.90 Å². The van der Waals surface area contributed by atoms with Gasteiger partial charge < -0.3 is 0 Å². The van der Waals surface area contributed by atoms with Crippen molar-refractivity contribution in [1.29, 1.82) is 0 Å². The third-order valence-corrected chi connectivity index (χ3v) is 6.52. The first-order chi connectivity index (χ1) is 14.4. The maximum Gasteiger partial charge on any atom is 0.173 e. The molecule has 1 aliphatic heterocycles. The first-order valence-corrected chi connectivity index (χ1v) is 10.9. The predicted molar refractivity (Wildman–Crippen MR) is 115 cm³/mol. The van der Waals surface area contributed by atoms with Crippen LogP contribution >= 0.6 is 11.3 Å². The van der Waals surface area contributed by atoms with Crippen molar-refractivity contribution in [2.45, 2.75) is 32.0 Å². The van der Waals surface area contributed by atoms with E-state index in [9.17, 15) is 0 Å². The van der Waals surface area contributed by atoms with Crippen molar-refractivity contribution in [1.82, 2.24) is 25.1 Å². The van der Waals surface area contributed by atoms with Crippen LogP contribution in [-0.4, -0.2) is 31.7 Å². The smallest absolute Gasteiger partial charge is 0.173 e. The van der Waals surface area contributed by atoms with Gasteiger partial charge in [0.2, 0.25) is 0 Å². The average molecular weight is 402 g/mol. The summed E-state index contributed by atoms with van der Waals surface area (Å²) in [6.07, 6.45) is 1.97. The van der Waals surface area contributed by atoms with Crippen LogP contribution < -0.4 is 0 Å². The summed E-state index contributed by atoms with van der Waals surface area (Å²) in [5.74, 6) is 0.933.